The van der Waals surface area contributed by atoms with Gasteiger partial charge in [-0.15, -0.1) is 8.78 Å². The quantitative estimate of drug-likeness (QED) is 0.179. The van der Waals surface area contributed by atoms with Crippen LogP contribution in [-0.4, -0.2) is 72.7 Å². The first-order valence-corrected chi connectivity index (χ1v) is 14.3. The molecule has 0 bridgehead atoms. The number of halogens is 2. The number of alkyl halides is 2. The Balaban J connectivity index is 1.43. The number of hydrogen-bond donors (Lipinski definition) is 4. The fourth-order valence-electron chi connectivity index (χ4n) is 4.35. The second-order valence-corrected chi connectivity index (χ2v) is 10.7. The maximum absolute atomic E-state index is 13.5. The number of ether oxygens (including phenoxy) is 7. The molecule has 2 aromatic rings. The minimum absolute atomic E-state index is 0.0409. The molecule has 1 aromatic carbocycles. The van der Waals surface area contributed by atoms with E-state index in [0.29, 0.717) is 11.1 Å². The lowest BCUT2D eigenvalue weighted by molar-refractivity contribution is -0.286. The molecule has 1 aromatic heterocycles. The van der Waals surface area contributed by atoms with Gasteiger partial charge in [0, 0.05) is 12.2 Å². The molecule has 3 heterocycles. The molecule has 2 amide bonds. The highest BCUT2D eigenvalue weighted by atomic mass is 19.3. The Morgan fingerprint density at radius 1 is 1.04 bits per heavy atom. The summed E-state index contributed by atoms with van der Waals surface area (Å²) in [6.07, 6.45) is -7.43. The molecule has 2 aliphatic rings. The van der Waals surface area contributed by atoms with E-state index in [9.17, 15) is 33.1 Å². The summed E-state index contributed by atoms with van der Waals surface area (Å²) in [6.45, 7) is 4.97. The number of nitrogens with zero attached hydrogens (tertiary/aromatic N) is 1. The molecule has 2 aliphatic heterocycles. The molecule has 1 fully saturated rings. The van der Waals surface area contributed by atoms with Crippen molar-refractivity contribution in [3.8, 4) is 11.5 Å². The van der Waals surface area contributed by atoms with E-state index in [0.717, 1.165) is 0 Å². The average Bonchev–Trinajstić information content (AvgIpc) is 3.31. The Morgan fingerprint density at radius 3 is 2.51 bits per heavy atom. The zero-order valence-electron chi connectivity index (χ0n) is 25.7. The topological polar surface area (TPSA) is 202 Å². The standard InChI is InChI=1S/C29H34F2N4O12/c1-14(2)25(38)42-13-44-28(40)34-22-10-17(7-8-32-22)9-19-23(26(39)43-12-41-16(4)36)45-27(35-24(19)37)33-15(3)18-5-6-20-21(11-18)47-29(30,31)46-20/h5-8,10-11,14-16,19,23,27,33,36H,9,12-13H2,1-4H3,(H,35,37)(H,32,34,40)/t15?,16?,19-,23?,27?/m1/s1. The third-order valence-corrected chi connectivity index (χ3v) is 6.70. The number of carbonyl (C=O) groups is 4. The van der Waals surface area contributed by atoms with E-state index in [-0.39, 0.29) is 23.7 Å². The molecule has 4 unspecified atom stereocenters. The van der Waals surface area contributed by atoms with Gasteiger partial charge in [0.2, 0.25) is 12.7 Å². The summed E-state index contributed by atoms with van der Waals surface area (Å²) < 4.78 is 61.3. The van der Waals surface area contributed by atoms with Crippen LogP contribution in [0.3, 0.4) is 0 Å². The second-order valence-electron chi connectivity index (χ2n) is 10.7. The Bertz CT molecular complexity index is 1460. The zero-order valence-corrected chi connectivity index (χ0v) is 25.7. The number of rotatable bonds is 13. The van der Waals surface area contributed by atoms with Gasteiger partial charge in [0.15, 0.2) is 37.0 Å². The molecule has 4 N–H and O–H groups in total. The molecule has 0 saturated carbocycles. The number of esters is 2. The van der Waals surface area contributed by atoms with Crippen LogP contribution in [0.5, 0.6) is 11.5 Å². The summed E-state index contributed by atoms with van der Waals surface area (Å²) >= 11 is 0. The molecular formula is C29H34F2N4O12. The summed E-state index contributed by atoms with van der Waals surface area (Å²) in [4.78, 5) is 54.1. The first kappa shape index (κ1) is 35.2. The number of pyridine rings is 1. The lowest BCUT2D eigenvalue weighted by Gasteiger charge is -2.36. The number of hydrogen-bond acceptors (Lipinski definition) is 14. The minimum Gasteiger partial charge on any atom is -0.436 e. The molecule has 47 heavy (non-hydrogen) atoms. The van der Waals surface area contributed by atoms with E-state index in [1.54, 1.807) is 26.8 Å². The number of anilines is 1. The fraction of sp³-hybridized carbons (Fsp3) is 0.483. The first-order chi connectivity index (χ1) is 22.2. The summed E-state index contributed by atoms with van der Waals surface area (Å²) in [7, 11) is 0. The normalized spacial score (nSPS) is 20.9. The van der Waals surface area contributed by atoms with Crippen molar-refractivity contribution >= 4 is 29.8 Å². The number of carbonyl (C=O) groups excluding carboxylic acids is 4. The Hall–Kier alpha value is -4.65. The lowest BCUT2D eigenvalue weighted by Crippen LogP contribution is -2.61. The van der Waals surface area contributed by atoms with Gasteiger partial charge in [-0.05, 0) is 55.7 Å². The van der Waals surface area contributed by atoms with Crippen molar-refractivity contribution in [1.82, 2.24) is 15.6 Å². The molecule has 256 valence electrons. The molecule has 5 atom stereocenters. The predicted octanol–water partition coefficient (Wildman–Crippen LogP) is 2.27. The van der Waals surface area contributed by atoms with Gasteiger partial charge in [-0.2, -0.15) is 0 Å². The van der Waals surface area contributed by atoms with Crippen LogP contribution in [0.2, 0.25) is 0 Å². The summed E-state index contributed by atoms with van der Waals surface area (Å²) in [5.41, 5.74) is 0.933. The van der Waals surface area contributed by atoms with Crippen LogP contribution in [0.25, 0.3) is 0 Å². The fourth-order valence-corrected chi connectivity index (χ4v) is 4.35. The third kappa shape index (κ3) is 9.92. The van der Waals surface area contributed by atoms with Crippen LogP contribution in [0.15, 0.2) is 36.5 Å². The van der Waals surface area contributed by atoms with E-state index in [1.165, 1.54) is 37.4 Å². The van der Waals surface area contributed by atoms with Crippen molar-refractivity contribution in [3.63, 3.8) is 0 Å². The van der Waals surface area contributed by atoms with Crippen LogP contribution >= 0.6 is 0 Å². The van der Waals surface area contributed by atoms with E-state index in [2.05, 4.69) is 30.4 Å². The van der Waals surface area contributed by atoms with Crippen LogP contribution in [0, 0.1) is 11.8 Å². The number of fused-ring (bicyclic) bond motifs is 1. The second kappa shape index (κ2) is 15.3. The predicted molar refractivity (Wildman–Crippen MR) is 152 cm³/mol. The molecule has 18 heteroatoms. The number of aromatic nitrogens is 1. The van der Waals surface area contributed by atoms with Gasteiger partial charge in [0.05, 0.1) is 11.8 Å². The number of amides is 2. The number of benzene rings is 1. The van der Waals surface area contributed by atoms with Crippen molar-refractivity contribution < 1.29 is 66.2 Å². The van der Waals surface area contributed by atoms with Crippen LogP contribution < -0.4 is 25.4 Å². The van der Waals surface area contributed by atoms with Crippen molar-refractivity contribution in [1.29, 1.82) is 0 Å². The smallest absolute Gasteiger partial charge is 0.436 e. The monoisotopic (exact) mass is 668 g/mol. The van der Waals surface area contributed by atoms with E-state index in [1.807, 2.05) is 0 Å². The third-order valence-electron chi connectivity index (χ3n) is 6.70. The van der Waals surface area contributed by atoms with Gasteiger partial charge in [0.1, 0.15) is 5.82 Å². The lowest BCUT2D eigenvalue weighted by atomic mass is 9.92. The molecule has 1 saturated heterocycles. The van der Waals surface area contributed by atoms with Crippen LogP contribution in [0.4, 0.5) is 19.4 Å². The number of nitrogens with one attached hydrogen (secondary N) is 3. The molecule has 16 nitrogen and oxygen atoms in total. The Labute approximate surface area is 266 Å². The zero-order chi connectivity index (χ0) is 34.3. The van der Waals surface area contributed by atoms with Gasteiger partial charge in [0.25, 0.3) is 0 Å². The van der Waals surface area contributed by atoms with Crippen LogP contribution in [0.1, 0.15) is 44.9 Å². The largest absolute Gasteiger partial charge is 0.586 e. The van der Waals surface area contributed by atoms with Gasteiger partial charge < -0.3 is 43.6 Å². The van der Waals surface area contributed by atoms with Gasteiger partial charge in [-0.1, -0.05) is 19.9 Å². The van der Waals surface area contributed by atoms with Gasteiger partial charge in [-0.25, -0.2) is 14.6 Å². The number of aliphatic hydroxyl groups is 1. The first-order valence-electron chi connectivity index (χ1n) is 14.3. The Morgan fingerprint density at radius 2 is 1.79 bits per heavy atom. The van der Waals surface area contributed by atoms with Gasteiger partial charge in [-0.3, -0.25) is 20.2 Å². The summed E-state index contributed by atoms with van der Waals surface area (Å²) in [6, 6.07) is 6.52. The molecule has 4 rings (SSSR count). The minimum atomic E-state index is -3.79. The Kier molecular flexibility index (Phi) is 11.5. The van der Waals surface area contributed by atoms with Crippen molar-refractivity contribution in [2.45, 2.75) is 65.2 Å². The number of aliphatic hydroxyl groups excluding tert-OH is 1. The SMILES string of the molecule is CC(O)OCOC(=O)C1OC(NC(C)c2ccc3c(c2)OC(F)(F)O3)NC(=O)[C@@H]1Cc1ccnc(NC(=O)OCOC(=O)C(C)C)c1. The molecule has 0 aliphatic carbocycles. The highest BCUT2D eigenvalue weighted by molar-refractivity contribution is 5.88. The molecular weight excluding hydrogens is 634 g/mol. The average molecular weight is 669 g/mol. The van der Waals surface area contributed by atoms with E-state index < -0.39 is 80.4 Å². The van der Waals surface area contributed by atoms with Crippen molar-refractivity contribution in [2.24, 2.45) is 11.8 Å². The highest BCUT2D eigenvalue weighted by Crippen LogP contribution is 2.42. The molecule has 0 radical (unpaired) electrons. The maximum Gasteiger partial charge on any atom is 0.586 e. The van der Waals surface area contributed by atoms with E-state index in [4.69, 9.17) is 23.7 Å². The van der Waals surface area contributed by atoms with Crippen LogP contribution in [-0.2, 0) is 44.5 Å². The summed E-state index contributed by atoms with van der Waals surface area (Å²) in [5, 5.41) is 17.3. The van der Waals surface area contributed by atoms with E-state index >= 15 is 0 Å². The van der Waals surface area contributed by atoms with Crippen molar-refractivity contribution in [3.05, 3.63) is 47.7 Å². The van der Waals surface area contributed by atoms with Gasteiger partial charge >= 0.3 is 24.3 Å². The summed E-state index contributed by atoms with van der Waals surface area (Å²) in [5.74, 6) is -3.96. The maximum atomic E-state index is 13.5. The van der Waals surface area contributed by atoms with Crippen molar-refractivity contribution in [2.75, 3.05) is 18.9 Å². The molecule has 0 spiro atoms. The highest BCUT2D eigenvalue weighted by Gasteiger charge is 2.45.